The number of hydrogen-bond acceptors (Lipinski definition) is 4. The summed E-state index contributed by atoms with van der Waals surface area (Å²) < 4.78 is 5.25. The average Bonchev–Trinajstić information content (AvgIpc) is 2.55. The molecule has 1 fully saturated rings. The van der Waals surface area contributed by atoms with Crippen LogP contribution in [0.15, 0.2) is 24.3 Å². The van der Waals surface area contributed by atoms with E-state index >= 15 is 0 Å². The van der Waals surface area contributed by atoms with Crippen LogP contribution in [-0.2, 0) is 14.3 Å². The Balaban J connectivity index is 1.91. The number of thioether (sulfide) groups is 1. The van der Waals surface area contributed by atoms with Crippen molar-refractivity contribution in [2.45, 2.75) is 31.9 Å². The summed E-state index contributed by atoms with van der Waals surface area (Å²) in [7, 11) is 1.63. The van der Waals surface area contributed by atoms with E-state index in [1.807, 2.05) is 36.9 Å². The molecule has 1 saturated heterocycles. The van der Waals surface area contributed by atoms with Crippen LogP contribution in [0.4, 0.5) is 5.69 Å². The normalized spacial score (nSPS) is 16.8. The molecule has 120 valence electrons. The van der Waals surface area contributed by atoms with Gasteiger partial charge in [0.25, 0.3) is 0 Å². The Hall–Kier alpha value is -1.53. The quantitative estimate of drug-likeness (QED) is 0.835. The molecule has 1 aliphatic rings. The Labute approximate surface area is 135 Å². The minimum absolute atomic E-state index is 0.0644. The van der Waals surface area contributed by atoms with E-state index in [1.54, 1.807) is 13.2 Å². The van der Waals surface area contributed by atoms with Crippen molar-refractivity contribution in [1.82, 2.24) is 5.32 Å². The summed E-state index contributed by atoms with van der Waals surface area (Å²) in [6, 6.07) is 7.44. The second kappa shape index (κ2) is 8.19. The first kappa shape index (κ1) is 16.8. The number of carbonyl (C=O) groups is 2. The van der Waals surface area contributed by atoms with Crippen LogP contribution in [0, 0.1) is 0 Å². The van der Waals surface area contributed by atoms with Gasteiger partial charge in [-0.2, -0.15) is 11.8 Å². The zero-order chi connectivity index (χ0) is 15.9. The number of benzene rings is 1. The number of hydrogen-bond donors (Lipinski definition) is 2. The third kappa shape index (κ3) is 4.74. The van der Waals surface area contributed by atoms with Gasteiger partial charge in [-0.15, -0.1) is 0 Å². The summed E-state index contributed by atoms with van der Waals surface area (Å²) >= 11 is 1.88. The SMILES string of the molecule is COC(C)c1cccc(NC(=O)C(=O)NC2CCSCC2)c1. The van der Waals surface area contributed by atoms with Crippen molar-refractivity contribution in [2.75, 3.05) is 23.9 Å². The second-order valence-electron chi connectivity index (χ2n) is 5.32. The molecule has 2 amide bonds. The Morgan fingerprint density at radius 2 is 2.00 bits per heavy atom. The zero-order valence-electron chi connectivity index (χ0n) is 12.9. The molecule has 0 aliphatic carbocycles. The molecule has 1 aromatic carbocycles. The van der Waals surface area contributed by atoms with Crippen molar-refractivity contribution in [2.24, 2.45) is 0 Å². The number of carbonyl (C=O) groups excluding carboxylic acids is 2. The molecule has 22 heavy (non-hydrogen) atoms. The first-order valence-corrected chi connectivity index (χ1v) is 8.58. The maximum absolute atomic E-state index is 12.0. The fraction of sp³-hybridized carbons (Fsp3) is 0.500. The standard InChI is InChI=1S/C16H22N2O3S/c1-11(21-2)12-4-3-5-14(10-12)18-16(20)15(19)17-13-6-8-22-9-7-13/h3-5,10-11,13H,6-9H2,1-2H3,(H,17,19)(H,18,20). The Kier molecular flexibility index (Phi) is 6.27. The van der Waals surface area contributed by atoms with Crippen molar-refractivity contribution >= 4 is 29.3 Å². The van der Waals surface area contributed by atoms with Crippen LogP contribution in [0.2, 0.25) is 0 Å². The smallest absolute Gasteiger partial charge is 0.313 e. The van der Waals surface area contributed by atoms with E-state index in [-0.39, 0.29) is 12.1 Å². The average molecular weight is 322 g/mol. The third-order valence-electron chi connectivity index (χ3n) is 3.73. The van der Waals surface area contributed by atoms with Gasteiger partial charge < -0.3 is 15.4 Å². The molecule has 2 rings (SSSR count). The molecule has 6 heteroatoms. The predicted octanol–water partition coefficient (Wildman–Crippen LogP) is 2.34. The Bertz CT molecular complexity index is 530. The highest BCUT2D eigenvalue weighted by atomic mass is 32.2. The van der Waals surface area contributed by atoms with Gasteiger partial charge in [0, 0.05) is 18.8 Å². The third-order valence-corrected chi connectivity index (χ3v) is 4.78. The van der Waals surface area contributed by atoms with Gasteiger partial charge in [-0.3, -0.25) is 9.59 Å². The summed E-state index contributed by atoms with van der Waals surface area (Å²) in [6.07, 6.45) is 1.78. The summed E-state index contributed by atoms with van der Waals surface area (Å²) in [5, 5.41) is 5.44. The zero-order valence-corrected chi connectivity index (χ0v) is 13.7. The monoisotopic (exact) mass is 322 g/mol. The van der Waals surface area contributed by atoms with Crippen LogP contribution < -0.4 is 10.6 Å². The van der Waals surface area contributed by atoms with Gasteiger partial charge in [-0.05, 0) is 49.0 Å². The van der Waals surface area contributed by atoms with Crippen molar-refractivity contribution in [3.05, 3.63) is 29.8 Å². The van der Waals surface area contributed by atoms with Crippen LogP contribution >= 0.6 is 11.8 Å². The van der Waals surface area contributed by atoms with E-state index in [0.717, 1.165) is 29.9 Å². The van der Waals surface area contributed by atoms with Crippen LogP contribution in [0.25, 0.3) is 0 Å². The van der Waals surface area contributed by atoms with Crippen LogP contribution in [0.1, 0.15) is 31.4 Å². The number of nitrogens with one attached hydrogen (secondary N) is 2. The number of anilines is 1. The van der Waals surface area contributed by atoms with Gasteiger partial charge in [-0.25, -0.2) is 0 Å². The minimum Gasteiger partial charge on any atom is -0.377 e. The van der Waals surface area contributed by atoms with E-state index in [0.29, 0.717) is 5.69 Å². The number of amides is 2. The molecule has 1 aliphatic heterocycles. The van der Waals surface area contributed by atoms with Crippen molar-refractivity contribution < 1.29 is 14.3 Å². The lowest BCUT2D eigenvalue weighted by Gasteiger charge is -2.22. The lowest BCUT2D eigenvalue weighted by Crippen LogP contribution is -2.43. The van der Waals surface area contributed by atoms with Gasteiger partial charge in [-0.1, -0.05) is 12.1 Å². The molecular weight excluding hydrogens is 300 g/mol. The van der Waals surface area contributed by atoms with E-state index < -0.39 is 11.8 Å². The number of methoxy groups -OCH3 is 1. The summed E-state index contributed by atoms with van der Waals surface area (Å²) in [6.45, 7) is 1.93. The molecule has 0 bridgehead atoms. The molecule has 2 N–H and O–H groups in total. The predicted molar refractivity (Wildman–Crippen MR) is 89.0 cm³/mol. The van der Waals surface area contributed by atoms with Gasteiger partial charge in [0.15, 0.2) is 0 Å². The lowest BCUT2D eigenvalue weighted by molar-refractivity contribution is -0.136. The van der Waals surface area contributed by atoms with E-state index in [9.17, 15) is 9.59 Å². The maximum atomic E-state index is 12.0. The van der Waals surface area contributed by atoms with Crippen molar-refractivity contribution in [1.29, 1.82) is 0 Å². The highest BCUT2D eigenvalue weighted by Crippen LogP contribution is 2.20. The lowest BCUT2D eigenvalue weighted by atomic mass is 10.1. The maximum Gasteiger partial charge on any atom is 0.313 e. The first-order chi connectivity index (χ1) is 10.6. The molecule has 0 radical (unpaired) electrons. The van der Waals surface area contributed by atoms with E-state index in [4.69, 9.17) is 4.74 Å². The molecule has 1 unspecified atom stereocenters. The summed E-state index contributed by atoms with van der Waals surface area (Å²) in [4.78, 5) is 23.9. The molecule has 1 aromatic rings. The number of ether oxygens (including phenoxy) is 1. The molecule has 0 saturated carbocycles. The molecule has 5 nitrogen and oxygen atoms in total. The summed E-state index contributed by atoms with van der Waals surface area (Å²) in [5.74, 6) is 0.870. The topological polar surface area (TPSA) is 67.4 Å². The Morgan fingerprint density at radius 3 is 2.68 bits per heavy atom. The molecular formula is C16H22N2O3S. The molecule has 0 aromatic heterocycles. The molecule has 0 spiro atoms. The highest BCUT2D eigenvalue weighted by molar-refractivity contribution is 7.99. The minimum atomic E-state index is -0.625. The fourth-order valence-electron chi connectivity index (χ4n) is 2.29. The van der Waals surface area contributed by atoms with Gasteiger partial charge in [0.05, 0.1) is 6.10 Å². The second-order valence-corrected chi connectivity index (χ2v) is 6.54. The molecule has 1 heterocycles. The molecule has 1 atom stereocenters. The van der Waals surface area contributed by atoms with Crippen LogP contribution in [0.3, 0.4) is 0 Å². The largest absolute Gasteiger partial charge is 0.377 e. The van der Waals surface area contributed by atoms with E-state index in [2.05, 4.69) is 10.6 Å². The first-order valence-electron chi connectivity index (χ1n) is 7.42. The summed E-state index contributed by atoms with van der Waals surface area (Å²) in [5.41, 5.74) is 1.55. The Morgan fingerprint density at radius 1 is 1.27 bits per heavy atom. The van der Waals surface area contributed by atoms with Gasteiger partial charge in [0.2, 0.25) is 0 Å². The van der Waals surface area contributed by atoms with Crippen molar-refractivity contribution in [3.63, 3.8) is 0 Å². The van der Waals surface area contributed by atoms with Crippen LogP contribution in [-0.4, -0.2) is 36.5 Å². The van der Waals surface area contributed by atoms with E-state index in [1.165, 1.54) is 0 Å². The van der Waals surface area contributed by atoms with Gasteiger partial charge >= 0.3 is 11.8 Å². The number of rotatable bonds is 4. The fourth-order valence-corrected chi connectivity index (χ4v) is 3.39. The highest BCUT2D eigenvalue weighted by Gasteiger charge is 2.20. The van der Waals surface area contributed by atoms with Gasteiger partial charge in [0.1, 0.15) is 0 Å². The van der Waals surface area contributed by atoms with Crippen molar-refractivity contribution in [3.8, 4) is 0 Å². The van der Waals surface area contributed by atoms with Crippen LogP contribution in [0.5, 0.6) is 0 Å².